The van der Waals surface area contributed by atoms with E-state index in [4.69, 9.17) is 4.74 Å². The van der Waals surface area contributed by atoms with Crippen LogP contribution < -0.4 is 10.1 Å². The van der Waals surface area contributed by atoms with Crippen molar-refractivity contribution < 1.29 is 9.53 Å². The number of hydrogen-bond donors (Lipinski definition) is 2. The monoisotopic (exact) mass is 349 g/mol. The summed E-state index contributed by atoms with van der Waals surface area (Å²) in [6, 6.07) is 11.2. The summed E-state index contributed by atoms with van der Waals surface area (Å²) in [5, 5.41) is 9.87. The Labute approximate surface area is 150 Å². The molecule has 1 aromatic carbocycles. The van der Waals surface area contributed by atoms with E-state index in [1.54, 1.807) is 19.5 Å². The van der Waals surface area contributed by atoms with Gasteiger partial charge in [0, 0.05) is 17.2 Å². The van der Waals surface area contributed by atoms with Crippen LogP contribution in [-0.4, -0.2) is 33.2 Å². The van der Waals surface area contributed by atoms with Gasteiger partial charge in [-0.15, -0.1) is 0 Å². The number of H-pyrrole nitrogens is 1. The van der Waals surface area contributed by atoms with Crippen molar-refractivity contribution in [3.05, 3.63) is 59.8 Å². The van der Waals surface area contributed by atoms with Gasteiger partial charge >= 0.3 is 0 Å². The normalized spacial score (nSPS) is 13.4. The second kappa shape index (κ2) is 6.95. The fraction of sp³-hybridized carbons (Fsp3) is 0.263. The van der Waals surface area contributed by atoms with Crippen LogP contribution in [0, 0.1) is 0 Å². The highest BCUT2D eigenvalue weighted by Gasteiger charge is 2.25. The Hall–Kier alpha value is -3.22. The van der Waals surface area contributed by atoms with Gasteiger partial charge in [-0.3, -0.25) is 9.89 Å². The number of amides is 1. The van der Waals surface area contributed by atoms with Gasteiger partial charge in [0.15, 0.2) is 0 Å². The quantitative estimate of drug-likeness (QED) is 0.714. The van der Waals surface area contributed by atoms with Crippen molar-refractivity contribution in [3.8, 4) is 17.0 Å². The van der Waals surface area contributed by atoms with Crippen molar-refractivity contribution >= 4 is 5.91 Å². The van der Waals surface area contributed by atoms with Gasteiger partial charge in [-0.2, -0.15) is 5.10 Å². The molecule has 4 rings (SSSR count). The van der Waals surface area contributed by atoms with Crippen molar-refractivity contribution in [2.24, 2.45) is 0 Å². The van der Waals surface area contributed by atoms with E-state index in [9.17, 15) is 4.79 Å². The molecule has 0 atom stereocenters. The van der Waals surface area contributed by atoms with Crippen LogP contribution >= 0.6 is 0 Å². The predicted molar refractivity (Wildman–Crippen MR) is 95.8 cm³/mol. The fourth-order valence-electron chi connectivity index (χ4n) is 2.81. The molecule has 0 bridgehead atoms. The minimum atomic E-state index is -0.231. The number of nitrogens with zero attached hydrogens (tertiary/aromatic N) is 3. The Morgan fingerprint density at radius 1 is 1.27 bits per heavy atom. The first-order chi connectivity index (χ1) is 12.7. The van der Waals surface area contributed by atoms with Crippen LogP contribution in [0.15, 0.2) is 42.7 Å². The summed E-state index contributed by atoms with van der Waals surface area (Å²) in [6.07, 6.45) is 3.93. The first kappa shape index (κ1) is 16.3. The van der Waals surface area contributed by atoms with E-state index in [2.05, 4.69) is 25.5 Å². The van der Waals surface area contributed by atoms with Crippen LogP contribution in [0.3, 0.4) is 0 Å². The van der Waals surface area contributed by atoms with Crippen LogP contribution in [0.1, 0.15) is 40.6 Å². The predicted octanol–water partition coefficient (Wildman–Crippen LogP) is 2.68. The van der Waals surface area contributed by atoms with Gasteiger partial charge in [0.05, 0.1) is 25.0 Å². The van der Waals surface area contributed by atoms with Gasteiger partial charge in [0.1, 0.15) is 17.8 Å². The average Bonchev–Trinajstić information content (AvgIpc) is 3.43. The molecule has 0 aliphatic heterocycles. The largest absolute Gasteiger partial charge is 0.496 e. The number of para-hydroxylation sites is 1. The molecule has 26 heavy (non-hydrogen) atoms. The van der Waals surface area contributed by atoms with Crippen molar-refractivity contribution in [2.45, 2.75) is 25.3 Å². The third kappa shape index (κ3) is 3.42. The van der Waals surface area contributed by atoms with E-state index in [0.29, 0.717) is 29.6 Å². The number of carbonyl (C=O) groups excluding carboxylic acids is 1. The summed E-state index contributed by atoms with van der Waals surface area (Å²) >= 11 is 0. The van der Waals surface area contributed by atoms with E-state index in [1.807, 2.05) is 30.3 Å². The van der Waals surface area contributed by atoms with Crippen LogP contribution in [0.4, 0.5) is 0 Å². The zero-order valence-electron chi connectivity index (χ0n) is 14.4. The average molecular weight is 349 g/mol. The SMILES string of the molecule is COc1ccccc1-c1cc(C(=O)NCc2cc(C3CC3)ncn2)[nH]n1. The minimum Gasteiger partial charge on any atom is -0.496 e. The van der Waals surface area contributed by atoms with Crippen molar-refractivity contribution in [1.82, 2.24) is 25.5 Å². The number of nitrogens with one attached hydrogen (secondary N) is 2. The summed E-state index contributed by atoms with van der Waals surface area (Å²) in [7, 11) is 1.61. The molecule has 1 aliphatic rings. The van der Waals surface area contributed by atoms with Gasteiger partial charge in [-0.1, -0.05) is 12.1 Å². The number of ether oxygens (including phenoxy) is 1. The Bertz CT molecular complexity index is 933. The smallest absolute Gasteiger partial charge is 0.269 e. The van der Waals surface area contributed by atoms with Crippen LogP contribution in [0.5, 0.6) is 5.75 Å². The van der Waals surface area contributed by atoms with Gasteiger partial charge in [0.2, 0.25) is 0 Å². The van der Waals surface area contributed by atoms with Gasteiger partial charge in [-0.05, 0) is 37.1 Å². The van der Waals surface area contributed by atoms with Gasteiger partial charge in [0.25, 0.3) is 5.91 Å². The second-order valence-corrected chi connectivity index (χ2v) is 6.26. The van der Waals surface area contributed by atoms with E-state index in [0.717, 1.165) is 17.0 Å². The van der Waals surface area contributed by atoms with Gasteiger partial charge in [-0.25, -0.2) is 9.97 Å². The number of hydrogen-bond acceptors (Lipinski definition) is 5. The summed E-state index contributed by atoms with van der Waals surface area (Å²) < 4.78 is 5.34. The van der Waals surface area contributed by atoms with Crippen LogP contribution in [0.2, 0.25) is 0 Å². The van der Waals surface area contributed by atoms with E-state index >= 15 is 0 Å². The molecule has 3 aromatic rings. The number of aromatic nitrogens is 4. The zero-order valence-corrected chi connectivity index (χ0v) is 14.4. The highest BCUT2D eigenvalue weighted by atomic mass is 16.5. The number of rotatable bonds is 6. The summed E-state index contributed by atoms with van der Waals surface area (Å²) in [4.78, 5) is 20.9. The van der Waals surface area contributed by atoms with Gasteiger partial charge < -0.3 is 10.1 Å². The maximum absolute atomic E-state index is 12.4. The maximum atomic E-state index is 12.4. The molecule has 1 aliphatic carbocycles. The van der Waals surface area contributed by atoms with Crippen LogP contribution in [0.25, 0.3) is 11.3 Å². The lowest BCUT2D eigenvalue weighted by atomic mass is 10.1. The van der Waals surface area contributed by atoms with Crippen molar-refractivity contribution in [2.75, 3.05) is 7.11 Å². The highest BCUT2D eigenvalue weighted by Crippen LogP contribution is 2.38. The molecule has 1 fully saturated rings. The molecule has 1 saturated carbocycles. The highest BCUT2D eigenvalue weighted by molar-refractivity contribution is 5.93. The minimum absolute atomic E-state index is 0.231. The lowest BCUT2D eigenvalue weighted by Crippen LogP contribution is -2.23. The number of benzene rings is 1. The fourth-order valence-corrected chi connectivity index (χ4v) is 2.81. The molecule has 2 N–H and O–H groups in total. The van der Waals surface area contributed by atoms with Crippen LogP contribution in [-0.2, 0) is 6.54 Å². The summed E-state index contributed by atoms with van der Waals surface area (Å²) in [5.74, 6) is 1.04. The molecule has 0 radical (unpaired) electrons. The van der Waals surface area contributed by atoms with E-state index in [-0.39, 0.29) is 5.91 Å². The molecule has 7 nitrogen and oxygen atoms in total. The zero-order chi connectivity index (χ0) is 17.9. The Kier molecular flexibility index (Phi) is 4.35. The Morgan fingerprint density at radius 3 is 2.92 bits per heavy atom. The number of carbonyl (C=O) groups is 1. The number of methoxy groups -OCH3 is 1. The number of aromatic amines is 1. The first-order valence-electron chi connectivity index (χ1n) is 8.52. The molecule has 132 valence electrons. The van der Waals surface area contributed by atoms with Crippen molar-refractivity contribution in [1.29, 1.82) is 0 Å². The molecule has 2 aromatic heterocycles. The third-order valence-corrected chi connectivity index (χ3v) is 4.38. The molecule has 7 heteroatoms. The Morgan fingerprint density at radius 2 is 2.12 bits per heavy atom. The van der Waals surface area contributed by atoms with E-state index < -0.39 is 0 Å². The standard InChI is InChI=1S/C19H19N5O2/c1-26-18-5-3-2-4-14(18)16-9-17(24-23-16)19(25)20-10-13-8-15(12-6-7-12)22-11-21-13/h2-5,8-9,11-12H,6-7,10H2,1H3,(H,20,25)(H,23,24). The molecule has 0 saturated heterocycles. The molecule has 1 amide bonds. The maximum Gasteiger partial charge on any atom is 0.269 e. The lowest BCUT2D eigenvalue weighted by Gasteiger charge is -2.05. The molecular weight excluding hydrogens is 330 g/mol. The molecule has 2 heterocycles. The molecule has 0 unspecified atom stereocenters. The summed E-state index contributed by atoms with van der Waals surface area (Å²) in [6.45, 7) is 0.351. The lowest BCUT2D eigenvalue weighted by molar-refractivity contribution is 0.0945. The molecular formula is C19H19N5O2. The first-order valence-corrected chi connectivity index (χ1v) is 8.52. The second-order valence-electron chi connectivity index (χ2n) is 6.26. The third-order valence-electron chi connectivity index (χ3n) is 4.38. The topological polar surface area (TPSA) is 92.8 Å². The van der Waals surface area contributed by atoms with Crippen molar-refractivity contribution in [3.63, 3.8) is 0 Å². The molecule has 0 spiro atoms. The summed E-state index contributed by atoms with van der Waals surface area (Å²) in [5.41, 5.74) is 3.74. The Balaban J connectivity index is 1.44. The van der Waals surface area contributed by atoms with E-state index in [1.165, 1.54) is 12.8 Å².